The number of carbonyl (C=O) groups excluding carboxylic acids is 1. The Morgan fingerprint density at radius 3 is 2.74 bits per heavy atom. The van der Waals surface area contributed by atoms with Crippen LogP contribution in [0.1, 0.15) is 32.1 Å². The Labute approximate surface area is 134 Å². The van der Waals surface area contributed by atoms with Crippen molar-refractivity contribution >= 4 is 11.9 Å². The number of para-hydroxylation sites is 1. The SMILES string of the molecule is O=C(O)C1CC2CCCCC2N1C(=O)COc1ccccc1F. The van der Waals surface area contributed by atoms with E-state index in [9.17, 15) is 19.1 Å². The van der Waals surface area contributed by atoms with E-state index in [0.717, 1.165) is 25.7 Å². The highest BCUT2D eigenvalue weighted by molar-refractivity contribution is 5.85. The molecule has 1 aliphatic heterocycles. The van der Waals surface area contributed by atoms with E-state index in [1.807, 2.05) is 0 Å². The number of rotatable bonds is 4. The highest BCUT2D eigenvalue weighted by Crippen LogP contribution is 2.39. The third-order valence-corrected chi connectivity index (χ3v) is 4.85. The molecule has 5 nitrogen and oxygen atoms in total. The number of aliphatic carboxylic acids is 1. The number of ether oxygens (including phenoxy) is 1. The molecule has 3 rings (SSSR count). The lowest BCUT2D eigenvalue weighted by molar-refractivity contribution is -0.150. The molecule has 2 fully saturated rings. The first-order valence-corrected chi connectivity index (χ1v) is 7.99. The monoisotopic (exact) mass is 321 g/mol. The van der Waals surface area contributed by atoms with Crippen LogP contribution in [0.5, 0.6) is 5.75 Å². The van der Waals surface area contributed by atoms with E-state index in [4.69, 9.17) is 4.74 Å². The molecule has 0 spiro atoms. The summed E-state index contributed by atoms with van der Waals surface area (Å²) < 4.78 is 18.8. The fraction of sp³-hybridized carbons (Fsp3) is 0.529. The summed E-state index contributed by atoms with van der Waals surface area (Å²) in [7, 11) is 0. The third-order valence-electron chi connectivity index (χ3n) is 4.85. The zero-order chi connectivity index (χ0) is 16.4. The molecule has 1 saturated heterocycles. The molecule has 0 bridgehead atoms. The lowest BCUT2D eigenvalue weighted by atomic mass is 9.85. The van der Waals surface area contributed by atoms with E-state index in [0.29, 0.717) is 6.42 Å². The Morgan fingerprint density at radius 2 is 2.00 bits per heavy atom. The highest BCUT2D eigenvalue weighted by Gasteiger charge is 2.47. The number of likely N-dealkylation sites (tertiary alicyclic amines) is 1. The molecule has 0 radical (unpaired) electrons. The molecule has 1 aromatic rings. The molecule has 1 aliphatic carbocycles. The van der Waals surface area contributed by atoms with Crippen LogP contribution in [0, 0.1) is 11.7 Å². The van der Waals surface area contributed by atoms with E-state index in [1.165, 1.54) is 23.1 Å². The normalized spacial score (nSPS) is 26.7. The van der Waals surface area contributed by atoms with Gasteiger partial charge in [-0.3, -0.25) is 4.79 Å². The summed E-state index contributed by atoms with van der Waals surface area (Å²) in [5.41, 5.74) is 0. The van der Waals surface area contributed by atoms with Crippen LogP contribution in [-0.2, 0) is 9.59 Å². The van der Waals surface area contributed by atoms with Crippen LogP contribution in [0.4, 0.5) is 4.39 Å². The minimum Gasteiger partial charge on any atom is -0.481 e. The van der Waals surface area contributed by atoms with Gasteiger partial charge in [0.1, 0.15) is 6.04 Å². The highest BCUT2D eigenvalue weighted by atomic mass is 19.1. The summed E-state index contributed by atoms with van der Waals surface area (Å²) in [5.74, 6) is -1.63. The molecule has 23 heavy (non-hydrogen) atoms. The number of carboxylic acid groups (broad SMARTS) is 1. The Balaban J connectivity index is 1.71. The van der Waals surface area contributed by atoms with Crippen molar-refractivity contribution in [2.45, 2.75) is 44.2 Å². The standard InChI is InChI=1S/C17H20FNO4/c18-12-6-2-4-8-15(12)23-10-16(20)19-13-7-3-1-5-11(13)9-14(19)17(21)22/h2,4,6,8,11,13-14H,1,3,5,7,9-10H2,(H,21,22). The quantitative estimate of drug-likeness (QED) is 0.925. The Hall–Kier alpha value is -2.11. The Bertz CT molecular complexity index is 606. The largest absolute Gasteiger partial charge is 0.481 e. The van der Waals surface area contributed by atoms with Crippen LogP contribution in [0.25, 0.3) is 0 Å². The predicted octanol–water partition coefficient (Wildman–Crippen LogP) is 2.45. The number of halogens is 1. The molecule has 1 heterocycles. The minimum absolute atomic E-state index is 0.00659. The average Bonchev–Trinajstić information content (AvgIpc) is 2.93. The summed E-state index contributed by atoms with van der Waals surface area (Å²) >= 11 is 0. The van der Waals surface area contributed by atoms with Crippen molar-refractivity contribution < 1.29 is 23.8 Å². The van der Waals surface area contributed by atoms with Gasteiger partial charge >= 0.3 is 5.97 Å². The van der Waals surface area contributed by atoms with Crippen LogP contribution in [0.3, 0.4) is 0 Å². The second-order valence-corrected chi connectivity index (χ2v) is 6.22. The molecule has 2 aliphatic rings. The van der Waals surface area contributed by atoms with Crippen molar-refractivity contribution in [2.24, 2.45) is 5.92 Å². The van der Waals surface area contributed by atoms with E-state index in [1.54, 1.807) is 6.07 Å². The number of nitrogens with zero attached hydrogens (tertiary/aromatic N) is 1. The maximum atomic E-state index is 13.5. The molecule has 3 unspecified atom stereocenters. The maximum absolute atomic E-state index is 13.5. The van der Waals surface area contributed by atoms with E-state index >= 15 is 0 Å². The van der Waals surface area contributed by atoms with Crippen LogP contribution in [-0.4, -0.2) is 40.6 Å². The van der Waals surface area contributed by atoms with Gasteiger partial charge in [0.25, 0.3) is 5.91 Å². The number of carboxylic acids is 1. The Morgan fingerprint density at radius 1 is 1.26 bits per heavy atom. The molecular weight excluding hydrogens is 301 g/mol. The van der Waals surface area contributed by atoms with Crippen molar-refractivity contribution in [1.82, 2.24) is 4.90 Å². The number of carbonyl (C=O) groups is 2. The number of fused-ring (bicyclic) bond motifs is 1. The molecular formula is C17H20FNO4. The first-order chi connectivity index (χ1) is 11.1. The molecule has 1 N–H and O–H groups in total. The van der Waals surface area contributed by atoms with Crippen LogP contribution in [0.15, 0.2) is 24.3 Å². The number of amides is 1. The molecule has 6 heteroatoms. The Kier molecular flexibility index (Phi) is 4.50. The predicted molar refractivity (Wildman–Crippen MR) is 80.5 cm³/mol. The molecule has 124 valence electrons. The van der Waals surface area contributed by atoms with Gasteiger partial charge in [-0.25, -0.2) is 9.18 Å². The van der Waals surface area contributed by atoms with Gasteiger partial charge in [0, 0.05) is 6.04 Å². The van der Waals surface area contributed by atoms with Gasteiger partial charge in [0.05, 0.1) is 0 Å². The zero-order valence-electron chi connectivity index (χ0n) is 12.8. The van der Waals surface area contributed by atoms with Crippen molar-refractivity contribution in [3.8, 4) is 5.75 Å². The average molecular weight is 321 g/mol. The van der Waals surface area contributed by atoms with Crippen LogP contribution < -0.4 is 4.74 Å². The number of hydrogen-bond donors (Lipinski definition) is 1. The van der Waals surface area contributed by atoms with Crippen LogP contribution in [0.2, 0.25) is 0 Å². The molecule has 1 amide bonds. The first kappa shape index (κ1) is 15.8. The van der Waals surface area contributed by atoms with E-state index in [-0.39, 0.29) is 30.2 Å². The van der Waals surface area contributed by atoms with Crippen molar-refractivity contribution in [1.29, 1.82) is 0 Å². The van der Waals surface area contributed by atoms with Crippen molar-refractivity contribution in [2.75, 3.05) is 6.61 Å². The van der Waals surface area contributed by atoms with Gasteiger partial charge in [-0.15, -0.1) is 0 Å². The lowest BCUT2D eigenvalue weighted by Gasteiger charge is -2.32. The van der Waals surface area contributed by atoms with E-state index in [2.05, 4.69) is 0 Å². The van der Waals surface area contributed by atoms with Gasteiger partial charge in [-0.05, 0) is 37.3 Å². The molecule has 1 saturated carbocycles. The van der Waals surface area contributed by atoms with Crippen molar-refractivity contribution in [3.05, 3.63) is 30.1 Å². The molecule has 3 atom stereocenters. The maximum Gasteiger partial charge on any atom is 0.326 e. The van der Waals surface area contributed by atoms with Gasteiger partial charge in [-0.2, -0.15) is 0 Å². The topological polar surface area (TPSA) is 66.8 Å². The summed E-state index contributed by atoms with van der Waals surface area (Å²) in [6, 6.07) is 5.05. The third kappa shape index (κ3) is 3.16. The van der Waals surface area contributed by atoms with E-state index < -0.39 is 17.8 Å². The fourth-order valence-electron chi connectivity index (χ4n) is 3.82. The van der Waals surface area contributed by atoms with Gasteiger partial charge in [-0.1, -0.05) is 25.0 Å². The zero-order valence-corrected chi connectivity index (χ0v) is 12.8. The van der Waals surface area contributed by atoms with Crippen molar-refractivity contribution in [3.63, 3.8) is 0 Å². The van der Waals surface area contributed by atoms with Gasteiger partial charge in [0.2, 0.25) is 0 Å². The number of benzene rings is 1. The lowest BCUT2D eigenvalue weighted by Crippen LogP contribution is -2.48. The smallest absolute Gasteiger partial charge is 0.326 e. The second-order valence-electron chi connectivity index (χ2n) is 6.22. The number of hydrogen-bond acceptors (Lipinski definition) is 3. The van der Waals surface area contributed by atoms with Gasteiger partial charge < -0.3 is 14.7 Å². The van der Waals surface area contributed by atoms with Crippen LogP contribution >= 0.6 is 0 Å². The first-order valence-electron chi connectivity index (χ1n) is 7.99. The summed E-state index contributed by atoms with van der Waals surface area (Å²) in [6.45, 7) is -0.339. The summed E-state index contributed by atoms with van der Waals surface area (Å²) in [5, 5.41) is 9.41. The van der Waals surface area contributed by atoms with Gasteiger partial charge in [0.15, 0.2) is 18.2 Å². The minimum atomic E-state index is -0.973. The molecule has 0 aromatic heterocycles. The summed E-state index contributed by atoms with van der Waals surface area (Å²) in [6.07, 6.45) is 4.39. The fourth-order valence-corrected chi connectivity index (χ4v) is 3.82. The molecule has 1 aromatic carbocycles. The second kappa shape index (κ2) is 6.56. The summed E-state index contributed by atoms with van der Waals surface area (Å²) in [4.78, 5) is 25.5.